The Morgan fingerprint density at radius 3 is 2.42 bits per heavy atom. The first-order valence-corrected chi connectivity index (χ1v) is 3.67. The van der Waals surface area contributed by atoms with Crippen molar-refractivity contribution in [1.29, 1.82) is 0 Å². The Morgan fingerprint density at radius 2 is 2.17 bits per heavy atom. The number of nitrogens with one attached hydrogen (secondary N) is 1. The largest absolute Gasteiger partial charge is 0.374 e. The number of amides is 2. The monoisotopic (exact) mass is 195 g/mol. The maximum Gasteiger partial charge on any atom is 0.343 e. The Hall–Kier alpha value is -0.880. The van der Waals surface area contributed by atoms with Crippen molar-refractivity contribution in [3.8, 4) is 0 Å². The number of aliphatic hydroxyl groups excluding tert-OH is 1. The fourth-order valence-electron chi connectivity index (χ4n) is 0.508. The average molecular weight is 196 g/mol. The number of halogens is 1. The van der Waals surface area contributed by atoms with Crippen molar-refractivity contribution in [1.82, 2.24) is 10.3 Å². The van der Waals surface area contributed by atoms with Crippen molar-refractivity contribution in [3.63, 3.8) is 0 Å². The van der Waals surface area contributed by atoms with Crippen LogP contribution in [0.4, 0.5) is 4.79 Å². The van der Waals surface area contributed by atoms with Gasteiger partial charge in [0.1, 0.15) is 11.7 Å². The molecule has 0 fully saturated rings. The molecule has 0 aliphatic rings. The Kier molecular flexibility index (Phi) is 4.53. The Bertz CT molecular complexity index is 173. The van der Waals surface area contributed by atoms with E-state index in [2.05, 4.69) is 5.29 Å². The van der Waals surface area contributed by atoms with Crippen LogP contribution < -0.4 is 5.32 Å². The molecule has 0 bridgehead atoms. The summed E-state index contributed by atoms with van der Waals surface area (Å²) in [5.74, 6) is 0. The quantitative estimate of drug-likeness (QED) is 0.228. The number of urea groups is 1. The smallest absolute Gasteiger partial charge is 0.343 e. The topological polar surface area (TPSA) is 82.0 Å². The highest BCUT2D eigenvalue weighted by Gasteiger charge is 2.19. The number of nitrogens with zero attached hydrogens (tertiary/aromatic N) is 2. The molecule has 0 rings (SSSR count). The van der Waals surface area contributed by atoms with E-state index < -0.39 is 17.8 Å². The molecule has 0 radical (unpaired) electrons. The van der Waals surface area contributed by atoms with Gasteiger partial charge in [0.2, 0.25) is 0 Å². The summed E-state index contributed by atoms with van der Waals surface area (Å²) in [5.41, 5.74) is -0.846. The molecule has 0 spiro atoms. The molecule has 0 aliphatic heterocycles. The molecule has 7 heteroatoms. The highest BCUT2D eigenvalue weighted by atomic mass is 35.5. The lowest BCUT2D eigenvalue weighted by Crippen LogP contribution is -2.43. The van der Waals surface area contributed by atoms with E-state index in [0.717, 1.165) is 0 Å². The highest BCUT2D eigenvalue weighted by molar-refractivity contribution is 6.20. The second-order valence-corrected chi connectivity index (χ2v) is 2.76. The van der Waals surface area contributed by atoms with Gasteiger partial charge < -0.3 is 10.4 Å². The first kappa shape index (κ1) is 11.1. The van der Waals surface area contributed by atoms with Crippen molar-refractivity contribution in [2.45, 2.75) is 25.6 Å². The van der Waals surface area contributed by atoms with Crippen LogP contribution in [0.3, 0.4) is 0 Å². The fourth-order valence-corrected chi connectivity index (χ4v) is 0.633. The van der Waals surface area contributed by atoms with Gasteiger partial charge in [0.25, 0.3) is 0 Å². The van der Waals surface area contributed by atoms with Crippen LogP contribution in [0.1, 0.15) is 13.8 Å². The molecular formula is C5H10ClN3O3. The van der Waals surface area contributed by atoms with E-state index in [4.69, 9.17) is 16.7 Å². The number of alkyl halides is 1. The minimum atomic E-state index is -1.04. The number of rotatable bonds is 3. The number of carbonyl (C=O) groups excluding carboxylic acids is 1. The molecule has 0 aromatic heterocycles. The molecule has 12 heavy (non-hydrogen) atoms. The molecule has 6 nitrogen and oxygen atoms in total. The number of carbonyl (C=O) groups is 1. The standard InChI is InChI=1S/C5H10ClN3O3/c1-3(6)9(8-12)5(11)7-4(2)10/h3-4,10H,1-2H3,(H,7,11). The summed E-state index contributed by atoms with van der Waals surface area (Å²) in [6.07, 6.45) is -1.04. The SMILES string of the molecule is CC(O)NC(=O)N(N=O)C(C)Cl. The van der Waals surface area contributed by atoms with Gasteiger partial charge in [-0.15, -0.1) is 4.91 Å². The van der Waals surface area contributed by atoms with Crippen LogP contribution in [0.2, 0.25) is 0 Å². The van der Waals surface area contributed by atoms with Gasteiger partial charge >= 0.3 is 6.03 Å². The molecule has 0 saturated heterocycles. The van der Waals surface area contributed by atoms with Gasteiger partial charge in [-0.1, -0.05) is 11.6 Å². The third-order valence-corrected chi connectivity index (χ3v) is 1.15. The lowest BCUT2D eigenvalue weighted by molar-refractivity contribution is 0.137. The summed E-state index contributed by atoms with van der Waals surface area (Å²) in [4.78, 5) is 20.9. The minimum absolute atomic E-state index is 0.480. The normalized spacial score (nSPS) is 14.7. The first-order valence-electron chi connectivity index (χ1n) is 3.24. The zero-order valence-corrected chi connectivity index (χ0v) is 7.45. The summed E-state index contributed by atoms with van der Waals surface area (Å²) in [7, 11) is 0. The van der Waals surface area contributed by atoms with Crippen LogP contribution >= 0.6 is 11.6 Å². The zero-order valence-electron chi connectivity index (χ0n) is 6.69. The van der Waals surface area contributed by atoms with E-state index in [-0.39, 0.29) is 0 Å². The average Bonchev–Trinajstić information content (AvgIpc) is 1.85. The van der Waals surface area contributed by atoms with Gasteiger partial charge in [0, 0.05) is 0 Å². The van der Waals surface area contributed by atoms with Crippen LogP contribution in [0.5, 0.6) is 0 Å². The second-order valence-electron chi connectivity index (χ2n) is 2.13. The van der Waals surface area contributed by atoms with Crippen molar-refractivity contribution in [2.75, 3.05) is 0 Å². The lowest BCUT2D eigenvalue weighted by Gasteiger charge is -2.17. The molecule has 0 aromatic rings. The number of aliphatic hydroxyl groups is 1. The summed E-state index contributed by atoms with van der Waals surface area (Å²) in [6, 6.07) is -0.831. The van der Waals surface area contributed by atoms with Gasteiger partial charge in [-0.05, 0) is 13.8 Å². The summed E-state index contributed by atoms with van der Waals surface area (Å²) >= 11 is 5.41. The van der Waals surface area contributed by atoms with Crippen LogP contribution in [-0.4, -0.2) is 27.9 Å². The van der Waals surface area contributed by atoms with E-state index in [1.165, 1.54) is 13.8 Å². The summed E-state index contributed by atoms with van der Waals surface area (Å²) in [5, 5.41) is 13.6. The third kappa shape index (κ3) is 3.49. The van der Waals surface area contributed by atoms with Gasteiger partial charge in [-0.25, -0.2) is 4.79 Å². The molecule has 2 atom stereocenters. The van der Waals surface area contributed by atoms with Crippen molar-refractivity contribution in [3.05, 3.63) is 4.91 Å². The predicted octanol–water partition coefficient (Wildman–Crippen LogP) is 0.602. The predicted molar refractivity (Wildman–Crippen MR) is 43.2 cm³/mol. The van der Waals surface area contributed by atoms with Crippen LogP contribution in [0, 0.1) is 4.91 Å². The number of nitroso groups, excluding NO2 is 1. The van der Waals surface area contributed by atoms with Crippen LogP contribution in [0.25, 0.3) is 0 Å². The second kappa shape index (κ2) is 4.89. The fraction of sp³-hybridized carbons (Fsp3) is 0.800. The summed E-state index contributed by atoms with van der Waals surface area (Å²) in [6.45, 7) is 2.74. The van der Waals surface area contributed by atoms with E-state index in [9.17, 15) is 9.70 Å². The highest BCUT2D eigenvalue weighted by Crippen LogP contribution is 2.04. The lowest BCUT2D eigenvalue weighted by atomic mass is 10.6. The molecule has 0 aromatic carbocycles. The number of hydrogen-bond acceptors (Lipinski definition) is 4. The molecule has 0 saturated carbocycles. The van der Waals surface area contributed by atoms with E-state index in [1.807, 2.05) is 5.32 Å². The van der Waals surface area contributed by atoms with E-state index in [0.29, 0.717) is 5.01 Å². The maximum absolute atomic E-state index is 10.9. The van der Waals surface area contributed by atoms with Crippen LogP contribution in [0.15, 0.2) is 5.29 Å². The molecule has 2 amide bonds. The van der Waals surface area contributed by atoms with E-state index in [1.54, 1.807) is 0 Å². The van der Waals surface area contributed by atoms with Crippen molar-refractivity contribution >= 4 is 17.6 Å². The molecule has 0 aliphatic carbocycles. The summed E-state index contributed by atoms with van der Waals surface area (Å²) < 4.78 is 0. The molecule has 0 heterocycles. The van der Waals surface area contributed by atoms with Crippen LogP contribution in [-0.2, 0) is 0 Å². The zero-order chi connectivity index (χ0) is 9.72. The Morgan fingerprint density at radius 1 is 1.67 bits per heavy atom. The van der Waals surface area contributed by atoms with E-state index >= 15 is 0 Å². The number of hydrogen-bond donors (Lipinski definition) is 2. The van der Waals surface area contributed by atoms with Gasteiger partial charge in [0.05, 0.1) is 5.29 Å². The molecule has 70 valence electrons. The van der Waals surface area contributed by atoms with Crippen molar-refractivity contribution in [2.24, 2.45) is 5.29 Å². The maximum atomic E-state index is 10.9. The Labute approximate surface area is 74.4 Å². The third-order valence-electron chi connectivity index (χ3n) is 0.965. The van der Waals surface area contributed by atoms with Gasteiger partial charge in [-0.2, -0.15) is 5.01 Å². The minimum Gasteiger partial charge on any atom is -0.374 e. The Balaban J connectivity index is 4.13. The first-order chi connectivity index (χ1) is 5.49. The molecule has 2 unspecified atom stereocenters. The van der Waals surface area contributed by atoms with Gasteiger partial charge in [0.15, 0.2) is 0 Å². The molecule has 2 N–H and O–H groups in total. The van der Waals surface area contributed by atoms with Crippen molar-refractivity contribution < 1.29 is 9.90 Å². The van der Waals surface area contributed by atoms with Gasteiger partial charge in [-0.3, -0.25) is 0 Å². The molecular weight excluding hydrogens is 186 g/mol.